The largest absolute Gasteiger partial charge is 0.481 e. The fraction of sp³-hybridized carbons (Fsp3) is 0.800. The topological polar surface area (TPSA) is 122 Å². The number of rotatable bonds is 8. The third-order valence-corrected chi connectivity index (χ3v) is 4.73. The molecule has 2 saturated carbocycles. The standard InChI is InChI=1S/C15H25N3O4/c1-8(17-14(22)11(16)7-12(19)20)13(21)18-15(2,9-3-4-9)10-5-6-10/h8-11H,3-7,16H2,1-2H3,(H,17,22)(H,18,21)(H,19,20). The SMILES string of the molecule is CC(NC(=O)C(N)CC(=O)O)C(=O)NC(C)(C1CC1)C1CC1. The summed E-state index contributed by atoms with van der Waals surface area (Å²) in [6.45, 7) is 3.67. The Morgan fingerprint density at radius 1 is 1.18 bits per heavy atom. The molecule has 2 fully saturated rings. The molecule has 2 aliphatic rings. The summed E-state index contributed by atoms with van der Waals surface area (Å²) in [6, 6.07) is -1.88. The molecular weight excluding hydrogens is 286 g/mol. The van der Waals surface area contributed by atoms with Crippen molar-refractivity contribution in [1.82, 2.24) is 10.6 Å². The molecular formula is C15H25N3O4. The normalized spacial score (nSPS) is 20.9. The molecule has 0 aromatic carbocycles. The van der Waals surface area contributed by atoms with Crippen LogP contribution in [-0.4, -0.2) is 40.5 Å². The van der Waals surface area contributed by atoms with E-state index in [1.54, 1.807) is 6.92 Å². The Hall–Kier alpha value is -1.63. The molecule has 2 aliphatic carbocycles. The number of hydrogen-bond donors (Lipinski definition) is 4. The molecule has 7 heteroatoms. The molecule has 2 rings (SSSR count). The number of aliphatic carboxylic acids is 1. The summed E-state index contributed by atoms with van der Waals surface area (Å²) in [6.07, 6.45) is 4.09. The van der Waals surface area contributed by atoms with Crippen molar-refractivity contribution in [2.24, 2.45) is 17.6 Å². The van der Waals surface area contributed by atoms with Gasteiger partial charge >= 0.3 is 5.97 Å². The smallest absolute Gasteiger partial charge is 0.305 e. The van der Waals surface area contributed by atoms with Crippen LogP contribution in [0.4, 0.5) is 0 Å². The number of nitrogens with two attached hydrogens (primary N) is 1. The van der Waals surface area contributed by atoms with Crippen molar-refractivity contribution in [3.8, 4) is 0 Å². The molecule has 22 heavy (non-hydrogen) atoms. The first kappa shape index (κ1) is 16.7. The van der Waals surface area contributed by atoms with Crippen molar-refractivity contribution < 1.29 is 19.5 Å². The van der Waals surface area contributed by atoms with Gasteiger partial charge in [0, 0.05) is 5.54 Å². The second kappa shape index (κ2) is 6.24. The van der Waals surface area contributed by atoms with Gasteiger partial charge in [-0.25, -0.2) is 0 Å². The Morgan fingerprint density at radius 2 is 1.68 bits per heavy atom. The zero-order chi connectivity index (χ0) is 16.5. The van der Waals surface area contributed by atoms with Crippen LogP contribution in [0, 0.1) is 11.8 Å². The van der Waals surface area contributed by atoms with Gasteiger partial charge in [-0.05, 0) is 51.4 Å². The molecule has 0 radical (unpaired) electrons. The Balaban J connectivity index is 1.86. The summed E-state index contributed by atoms with van der Waals surface area (Å²) >= 11 is 0. The van der Waals surface area contributed by atoms with Gasteiger partial charge in [0.1, 0.15) is 6.04 Å². The predicted octanol–water partition coefficient (Wildman–Crippen LogP) is -0.0120. The third-order valence-electron chi connectivity index (χ3n) is 4.73. The highest BCUT2D eigenvalue weighted by molar-refractivity contribution is 5.91. The lowest BCUT2D eigenvalue weighted by atomic mass is 9.89. The van der Waals surface area contributed by atoms with Crippen LogP contribution < -0.4 is 16.4 Å². The van der Waals surface area contributed by atoms with Crippen LogP contribution in [0.25, 0.3) is 0 Å². The first-order valence-corrected chi connectivity index (χ1v) is 7.83. The van der Waals surface area contributed by atoms with Crippen LogP contribution in [0.3, 0.4) is 0 Å². The van der Waals surface area contributed by atoms with E-state index in [0.717, 1.165) is 25.7 Å². The first-order chi connectivity index (χ1) is 10.2. The van der Waals surface area contributed by atoms with Crippen molar-refractivity contribution in [2.75, 3.05) is 0 Å². The molecule has 0 saturated heterocycles. The molecule has 0 bridgehead atoms. The minimum atomic E-state index is -1.15. The lowest BCUT2D eigenvalue weighted by molar-refractivity contribution is -0.139. The number of hydrogen-bond acceptors (Lipinski definition) is 4. The molecule has 124 valence electrons. The van der Waals surface area contributed by atoms with Crippen LogP contribution in [-0.2, 0) is 14.4 Å². The fourth-order valence-electron chi connectivity index (χ4n) is 2.94. The number of carbonyl (C=O) groups excluding carboxylic acids is 2. The maximum absolute atomic E-state index is 12.3. The summed E-state index contributed by atoms with van der Waals surface area (Å²) < 4.78 is 0. The molecule has 0 aromatic rings. The Bertz CT molecular complexity index is 459. The summed E-state index contributed by atoms with van der Waals surface area (Å²) in [5, 5.41) is 14.2. The van der Waals surface area contributed by atoms with Gasteiger partial charge in [0.2, 0.25) is 11.8 Å². The number of nitrogens with one attached hydrogen (secondary N) is 2. The van der Waals surface area contributed by atoms with Crippen LogP contribution in [0.2, 0.25) is 0 Å². The van der Waals surface area contributed by atoms with Crippen LogP contribution >= 0.6 is 0 Å². The molecule has 0 heterocycles. The van der Waals surface area contributed by atoms with Crippen molar-refractivity contribution in [1.29, 1.82) is 0 Å². The molecule has 2 atom stereocenters. The van der Waals surface area contributed by atoms with E-state index in [1.807, 2.05) is 0 Å². The van der Waals surface area contributed by atoms with Crippen molar-refractivity contribution in [2.45, 2.75) is 63.6 Å². The predicted molar refractivity (Wildman–Crippen MR) is 79.8 cm³/mol. The summed E-state index contributed by atoms with van der Waals surface area (Å²) in [7, 11) is 0. The molecule has 0 aromatic heterocycles. The number of carbonyl (C=O) groups is 3. The van der Waals surface area contributed by atoms with Crippen molar-refractivity contribution in [3.05, 3.63) is 0 Å². The minimum absolute atomic E-state index is 0.181. The van der Waals surface area contributed by atoms with E-state index >= 15 is 0 Å². The Labute approximate surface area is 130 Å². The van der Waals surface area contributed by atoms with Gasteiger partial charge in [-0.15, -0.1) is 0 Å². The van der Waals surface area contributed by atoms with Gasteiger partial charge < -0.3 is 21.5 Å². The molecule has 5 N–H and O–H groups in total. The molecule has 0 aliphatic heterocycles. The van der Waals surface area contributed by atoms with E-state index in [-0.39, 0.29) is 11.4 Å². The van der Waals surface area contributed by atoms with E-state index in [9.17, 15) is 14.4 Å². The summed E-state index contributed by atoms with van der Waals surface area (Å²) in [5.74, 6) is -0.946. The average Bonchev–Trinajstić information content (AvgIpc) is 3.29. The Kier molecular flexibility index (Phi) is 4.75. The maximum atomic E-state index is 12.3. The van der Waals surface area contributed by atoms with E-state index in [4.69, 9.17) is 10.8 Å². The van der Waals surface area contributed by atoms with Crippen molar-refractivity contribution in [3.63, 3.8) is 0 Å². The van der Waals surface area contributed by atoms with Gasteiger partial charge in [-0.3, -0.25) is 14.4 Å². The van der Waals surface area contributed by atoms with Gasteiger partial charge in [0.15, 0.2) is 0 Å². The highest BCUT2D eigenvalue weighted by Crippen LogP contribution is 2.51. The van der Waals surface area contributed by atoms with E-state index in [0.29, 0.717) is 11.8 Å². The highest BCUT2D eigenvalue weighted by Gasteiger charge is 2.52. The molecule has 2 amide bonds. The highest BCUT2D eigenvalue weighted by atomic mass is 16.4. The molecule has 0 spiro atoms. The maximum Gasteiger partial charge on any atom is 0.305 e. The third kappa shape index (κ3) is 3.97. The summed E-state index contributed by atoms with van der Waals surface area (Å²) in [4.78, 5) is 34.6. The minimum Gasteiger partial charge on any atom is -0.481 e. The average molecular weight is 311 g/mol. The number of carboxylic acids is 1. The zero-order valence-electron chi connectivity index (χ0n) is 13.1. The van der Waals surface area contributed by atoms with E-state index in [2.05, 4.69) is 17.6 Å². The van der Waals surface area contributed by atoms with Gasteiger partial charge in [-0.1, -0.05) is 0 Å². The molecule has 7 nitrogen and oxygen atoms in total. The van der Waals surface area contributed by atoms with Gasteiger partial charge in [0.05, 0.1) is 12.5 Å². The molecule has 2 unspecified atom stereocenters. The van der Waals surface area contributed by atoms with E-state index < -0.39 is 30.4 Å². The van der Waals surface area contributed by atoms with Crippen LogP contribution in [0.1, 0.15) is 46.0 Å². The van der Waals surface area contributed by atoms with Crippen LogP contribution in [0.5, 0.6) is 0 Å². The lowest BCUT2D eigenvalue weighted by Crippen LogP contribution is -2.57. The fourth-order valence-corrected chi connectivity index (χ4v) is 2.94. The quantitative estimate of drug-likeness (QED) is 0.502. The second-order valence-corrected chi connectivity index (χ2v) is 6.76. The second-order valence-electron chi connectivity index (χ2n) is 6.76. The van der Waals surface area contributed by atoms with E-state index in [1.165, 1.54) is 0 Å². The number of amides is 2. The summed E-state index contributed by atoms with van der Waals surface area (Å²) in [5.41, 5.74) is 5.30. The number of carboxylic acid groups (broad SMARTS) is 1. The van der Waals surface area contributed by atoms with Crippen molar-refractivity contribution >= 4 is 17.8 Å². The monoisotopic (exact) mass is 311 g/mol. The van der Waals surface area contributed by atoms with Crippen LogP contribution in [0.15, 0.2) is 0 Å². The van der Waals surface area contributed by atoms with Gasteiger partial charge in [0.25, 0.3) is 0 Å². The first-order valence-electron chi connectivity index (χ1n) is 7.83. The lowest BCUT2D eigenvalue weighted by Gasteiger charge is -2.33. The Morgan fingerprint density at radius 3 is 2.09 bits per heavy atom. The van der Waals surface area contributed by atoms with Gasteiger partial charge in [-0.2, -0.15) is 0 Å². The zero-order valence-corrected chi connectivity index (χ0v) is 13.1.